The van der Waals surface area contributed by atoms with Crippen molar-refractivity contribution in [2.45, 2.75) is 39.0 Å². The van der Waals surface area contributed by atoms with Crippen molar-refractivity contribution in [1.82, 2.24) is 0 Å². The summed E-state index contributed by atoms with van der Waals surface area (Å²) in [5.41, 5.74) is 6.62. The summed E-state index contributed by atoms with van der Waals surface area (Å²) in [5.74, 6) is 3.97. The van der Waals surface area contributed by atoms with Crippen LogP contribution in [0.2, 0.25) is 0 Å². The molecule has 4 fully saturated rings. The van der Waals surface area contributed by atoms with Gasteiger partial charge in [-0.3, -0.25) is 0 Å². The third-order valence-corrected chi connectivity index (χ3v) is 5.05. The highest BCUT2D eigenvalue weighted by Crippen LogP contribution is 2.61. The quantitative estimate of drug-likeness (QED) is 0.657. The molecule has 2 unspecified atom stereocenters. The number of hydrogen-bond acceptors (Lipinski definition) is 1. The molecule has 2 N–H and O–H groups in total. The van der Waals surface area contributed by atoms with Crippen molar-refractivity contribution in [3.8, 4) is 0 Å². The second-order valence-electron chi connectivity index (χ2n) is 6.18. The van der Waals surface area contributed by atoms with Crippen LogP contribution in [0.25, 0.3) is 0 Å². The van der Waals surface area contributed by atoms with Crippen LogP contribution in [-0.2, 0) is 0 Å². The standard InChI is InChI=1S/C12H21N/c1-12-4-8-2-9(5-12)11(7-13)10(3-8)6-12/h8-11H,2-7,13H2,1H3. The van der Waals surface area contributed by atoms with Gasteiger partial charge in [0.05, 0.1) is 0 Å². The topological polar surface area (TPSA) is 26.0 Å². The lowest BCUT2D eigenvalue weighted by molar-refractivity contribution is -0.0825. The van der Waals surface area contributed by atoms with E-state index in [1.807, 2.05) is 0 Å². The first kappa shape index (κ1) is 8.28. The first-order chi connectivity index (χ1) is 6.20. The summed E-state index contributed by atoms with van der Waals surface area (Å²) in [4.78, 5) is 0. The van der Waals surface area contributed by atoms with Gasteiger partial charge in [-0.1, -0.05) is 6.92 Å². The zero-order valence-electron chi connectivity index (χ0n) is 8.63. The van der Waals surface area contributed by atoms with E-state index in [0.29, 0.717) is 0 Å². The van der Waals surface area contributed by atoms with Crippen molar-refractivity contribution in [3.05, 3.63) is 0 Å². The minimum absolute atomic E-state index is 0.724. The second-order valence-corrected chi connectivity index (χ2v) is 6.18. The molecule has 0 aromatic heterocycles. The Bertz CT molecular complexity index is 207. The summed E-state index contributed by atoms with van der Waals surface area (Å²) < 4.78 is 0. The molecule has 0 amide bonds. The van der Waals surface area contributed by atoms with Gasteiger partial charge < -0.3 is 5.73 Å². The molecule has 13 heavy (non-hydrogen) atoms. The average molecular weight is 179 g/mol. The summed E-state index contributed by atoms with van der Waals surface area (Å²) in [5, 5.41) is 0. The van der Waals surface area contributed by atoms with E-state index in [1.54, 1.807) is 0 Å². The molecule has 0 aromatic rings. The Morgan fingerprint density at radius 2 is 1.77 bits per heavy atom. The second kappa shape index (κ2) is 2.50. The largest absolute Gasteiger partial charge is 0.330 e. The molecule has 1 nitrogen and oxygen atoms in total. The summed E-state index contributed by atoms with van der Waals surface area (Å²) in [6, 6.07) is 0. The molecule has 0 aliphatic heterocycles. The lowest BCUT2D eigenvalue weighted by atomic mass is 9.47. The molecule has 4 aliphatic carbocycles. The van der Waals surface area contributed by atoms with E-state index in [9.17, 15) is 0 Å². The SMILES string of the molecule is CC12CC3CC(C1)C(CN)C(C3)C2. The molecule has 1 heteroatoms. The van der Waals surface area contributed by atoms with Crippen LogP contribution in [0.3, 0.4) is 0 Å². The summed E-state index contributed by atoms with van der Waals surface area (Å²) >= 11 is 0. The Morgan fingerprint density at radius 1 is 1.15 bits per heavy atom. The van der Waals surface area contributed by atoms with E-state index in [-0.39, 0.29) is 0 Å². The molecule has 4 aliphatic rings. The van der Waals surface area contributed by atoms with Crippen molar-refractivity contribution in [1.29, 1.82) is 0 Å². The monoisotopic (exact) mass is 179 g/mol. The van der Waals surface area contributed by atoms with Crippen molar-refractivity contribution < 1.29 is 0 Å². The molecule has 2 atom stereocenters. The van der Waals surface area contributed by atoms with Gasteiger partial charge in [0.2, 0.25) is 0 Å². The highest BCUT2D eigenvalue weighted by Gasteiger charge is 2.52. The van der Waals surface area contributed by atoms with E-state index in [0.717, 1.165) is 35.6 Å². The van der Waals surface area contributed by atoms with Gasteiger partial charge >= 0.3 is 0 Å². The Hall–Kier alpha value is -0.0400. The third kappa shape index (κ3) is 1.09. The predicted octanol–water partition coefficient (Wildman–Crippen LogP) is 2.41. The molecule has 4 bridgehead atoms. The molecule has 4 rings (SSSR count). The van der Waals surface area contributed by atoms with Gasteiger partial charge in [0.25, 0.3) is 0 Å². The maximum atomic E-state index is 5.90. The Morgan fingerprint density at radius 3 is 2.23 bits per heavy atom. The van der Waals surface area contributed by atoms with Crippen LogP contribution in [0.5, 0.6) is 0 Å². The third-order valence-electron chi connectivity index (χ3n) is 5.05. The van der Waals surface area contributed by atoms with Crippen LogP contribution in [0.15, 0.2) is 0 Å². The Labute approximate surface area is 81.1 Å². The van der Waals surface area contributed by atoms with Gasteiger partial charge in [-0.25, -0.2) is 0 Å². The van der Waals surface area contributed by atoms with Gasteiger partial charge in [0.1, 0.15) is 0 Å². The van der Waals surface area contributed by atoms with E-state index >= 15 is 0 Å². The van der Waals surface area contributed by atoms with Gasteiger partial charge in [0.15, 0.2) is 0 Å². The Kier molecular flexibility index (Phi) is 1.59. The molecular weight excluding hydrogens is 158 g/mol. The van der Waals surface area contributed by atoms with Crippen LogP contribution in [0.1, 0.15) is 39.0 Å². The van der Waals surface area contributed by atoms with Gasteiger partial charge in [-0.2, -0.15) is 0 Å². The molecule has 0 heterocycles. The molecule has 74 valence electrons. The lowest BCUT2D eigenvalue weighted by Gasteiger charge is -2.59. The zero-order valence-corrected chi connectivity index (χ0v) is 8.63. The van der Waals surface area contributed by atoms with Crippen LogP contribution >= 0.6 is 0 Å². The minimum atomic E-state index is 0.724. The normalized spacial score (nSPS) is 58.6. The molecule has 4 saturated carbocycles. The fourth-order valence-electron chi connectivity index (χ4n) is 4.92. The Balaban J connectivity index is 1.90. The van der Waals surface area contributed by atoms with Crippen molar-refractivity contribution in [3.63, 3.8) is 0 Å². The molecule has 0 aromatic carbocycles. The van der Waals surface area contributed by atoms with E-state index < -0.39 is 0 Å². The number of nitrogens with two attached hydrogens (primary N) is 1. The highest BCUT2D eigenvalue weighted by molar-refractivity contribution is 5.03. The van der Waals surface area contributed by atoms with E-state index in [2.05, 4.69) is 6.92 Å². The summed E-state index contributed by atoms with van der Waals surface area (Å²) in [6.07, 6.45) is 7.52. The van der Waals surface area contributed by atoms with Gasteiger partial charge in [-0.05, 0) is 67.7 Å². The van der Waals surface area contributed by atoms with Crippen LogP contribution < -0.4 is 5.73 Å². The van der Waals surface area contributed by atoms with E-state index in [4.69, 9.17) is 5.73 Å². The highest BCUT2D eigenvalue weighted by atomic mass is 14.6. The van der Waals surface area contributed by atoms with Crippen LogP contribution in [0.4, 0.5) is 0 Å². The summed E-state index contributed by atoms with van der Waals surface area (Å²) in [6.45, 7) is 3.48. The fourth-order valence-corrected chi connectivity index (χ4v) is 4.92. The molecular formula is C12H21N. The maximum Gasteiger partial charge on any atom is -0.00436 e. The smallest absolute Gasteiger partial charge is 0.00436 e. The zero-order chi connectivity index (χ0) is 9.05. The molecule has 0 radical (unpaired) electrons. The van der Waals surface area contributed by atoms with Crippen LogP contribution in [0, 0.1) is 29.1 Å². The number of rotatable bonds is 1. The van der Waals surface area contributed by atoms with Gasteiger partial charge in [-0.15, -0.1) is 0 Å². The summed E-state index contributed by atoms with van der Waals surface area (Å²) in [7, 11) is 0. The lowest BCUT2D eigenvalue weighted by Crippen LogP contribution is -2.51. The first-order valence-corrected chi connectivity index (χ1v) is 5.90. The van der Waals surface area contributed by atoms with Crippen LogP contribution in [-0.4, -0.2) is 6.54 Å². The first-order valence-electron chi connectivity index (χ1n) is 5.90. The average Bonchev–Trinajstić information content (AvgIpc) is 2.00. The predicted molar refractivity (Wildman–Crippen MR) is 54.2 cm³/mol. The molecule has 0 spiro atoms. The minimum Gasteiger partial charge on any atom is -0.330 e. The van der Waals surface area contributed by atoms with Crippen molar-refractivity contribution in [2.75, 3.05) is 6.54 Å². The number of hydrogen-bond donors (Lipinski definition) is 1. The van der Waals surface area contributed by atoms with Crippen molar-refractivity contribution >= 4 is 0 Å². The van der Waals surface area contributed by atoms with E-state index in [1.165, 1.54) is 32.1 Å². The molecule has 0 saturated heterocycles. The maximum absolute atomic E-state index is 5.90. The van der Waals surface area contributed by atoms with Gasteiger partial charge in [0, 0.05) is 0 Å². The fraction of sp³-hybridized carbons (Fsp3) is 1.00. The van der Waals surface area contributed by atoms with Crippen molar-refractivity contribution in [2.24, 2.45) is 34.8 Å².